The molecule has 1 aliphatic carbocycles. The molecule has 0 unspecified atom stereocenters. The molecule has 2 aliphatic rings. The average Bonchev–Trinajstić information content (AvgIpc) is 3.19. The van der Waals surface area contributed by atoms with Gasteiger partial charge in [0.2, 0.25) is 0 Å². The highest BCUT2D eigenvalue weighted by atomic mass is 16.5. The van der Waals surface area contributed by atoms with E-state index in [0.717, 1.165) is 25.7 Å². The zero-order valence-electron chi connectivity index (χ0n) is 11.3. The lowest BCUT2D eigenvalue weighted by molar-refractivity contribution is 0.0274. The number of hydrogen-bond acceptors (Lipinski definition) is 3. The van der Waals surface area contributed by atoms with Crippen LogP contribution in [0.4, 0.5) is 0 Å². The van der Waals surface area contributed by atoms with Gasteiger partial charge in [-0.1, -0.05) is 6.92 Å². The third-order valence-corrected chi connectivity index (χ3v) is 3.80. The van der Waals surface area contributed by atoms with Crippen molar-refractivity contribution in [2.45, 2.75) is 57.6 Å². The second kappa shape index (κ2) is 7.34. The van der Waals surface area contributed by atoms with Crippen molar-refractivity contribution in [3.63, 3.8) is 0 Å². The van der Waals surface area contributed by atoms with E-state index in [9.17, 15) is 0 Å². The van der Waals surface area contributed by atoms with Crippen LogP contribution in [0.2, 0.25) is 0 Å². The van der Waals surface area contributed by atoms with Crippen molar-refractivity contribution >= 4 is 0 Å². The van der Waals surface area contributed by atoms with Crippen LogP contribution >= 0.6 is 0 Å². The van der Waals surface area contributed by atoms with Crippen molar-refractivity contribution in [1.82, 2.24) is 10.2 Å². The number of ether oxygens (including phenoxy) is 1. The molecule has 0 atom stereocenters. The van der Waals surface area contributed by atoms with E-state index in [2.05, 4.69) is 17.1 Å². The fourth-order valence-corrected chi connectivity index (χ4v) is 2.68. The quantitative estimate of drug-likeness (QED) is 0.657. The van der Waals surface area contributed by atoms with E-state index in [0.29, 0.717) is 6.10 Å². The highest BCUT2D eigenvalue weighted by Crippen LogP contribution is 2.26. The van der Waals surface area contributed by atoms with Crippen LogP contribution < -0.4 is 5.32 Å². The van der Waals surface area contributed by atoms with Crippen molar-refractivity contribution in [1.29, 1.82) is 0 Å². The predicted octanol–water partition coefficient (Wildman–Crippen LogP) is 2.02. The summed E-state index contributed by atoms with van der Waals surface area (Å²) in [7, 11) is 0. The Morgan fingerprint density at radius 1 is 1.12 bits per heavy atom. The van der Waals surface area contributed by atoms with Gasteiger partial charge in [-0.3, -0.25) is 0 Å². The summed E-state index contributed by atoms with van der Waals surface area (Å²) in [6, 6.07) is 0.911. The molecule has 1 saturated heterocycles. The van der Waals surface area contributed by atoms with Crippen LogP contribution in [0.15, 0.2) is 0 Å². The summed E-state index contributed by atoms with van der Waals surface area (Å²) in [5.41, 5.74) is 0. The van der Waals surface area contributed by atoms with Gasteiger partial charge >= 0.3 is 0 Å². The first-order valence-electron chi connectivity index (χ1n) is 7.46. The van der Waals surface area contributed by atoms with E-state index in [1.807, 2.05) is 0 Å². The fraction of sp³-hybridized carbons (Fsp3) is 1.00. The van der Waals surface area contributed by atoms with Crippen LogP contribution in [0.3, 0.4) is 0 Å². The Morgan fingerprint density at radius 2 is 1.88 bits per heavy atom. The Balaban J connectivity index is 1.51. The standard InChI is InChI=1S/C14H28N2O/c1-2-10-16(13-4-5-13)11-3-12-17-14-6-8-15-9-7-14/h13-15H,2-12H2,1H3. The molecule has 2 fully saturated rings. The molecule has 0 aromatic heterocycles. The van der Waals surface area contributed by atoms with Crippen LogP contribution in [0.1, 0.15) is 45.4 Å². The molecule has 1 saturated carbocycles. The molecule has 0 amide bonds. The number of nitrogens with zero attached hydrogens (tertiary/aromatic N) is 1. The van der Waals surface area contributed by atoms with Crippen LogP contribution in [0.5, 0.6) is 0 Å². The zero-order chi connectivity index (χ0) is 11.9. The van der Waals surface area contributed by atoms with Gasteiger partial charge in [-0.2, -0.15) is 0 Å². The molecule has 3 heteroatoms. The summed E-state index contributed by atoms with van der Waals surface area (Å²) >= 11 is 0. The maximum absolute atomic E-state index is 5.94. The lowest BCUT2D eigenvalue weighted by atomic mass is 10.1. The Morgan fingerprint density at radius 3 is 2.53 bits per heavy atom. The Bertz CT molecular complexity index is 200. The molecule has 0 radical (unpaired) electrons. The van der Waals surface area contributed by atoms with Crippen molar-refractivity contribution in [3.8, 4) is 0 Å². The van der Waals surface area contributed by atoms with Crippen LogP contribution in [0, 0.1) is 0 Å². The lowest BCUT2D eigenvalue weighted by Gasteiger charge is -2.24. The van der Waals surface area contributed by atoms with Gasteiger partial charge in [0.05, 0.1) is 6.10 Å². The molecular weight excluding hydrogens is 212 g/mol. The van der Waals surface area contributed by atoms with Crippen LogP contribution in [-0.4, -0.2) is 49.8 Å². The monoisotopic (exact) mass is 240 g/mol. The second-order valence-corrected chi connectivity index (χ2v) is 5.44. The van der Waals surface area contributed by atoms with Gasteiger partial charge in [-0.05, 0) is 58.2 Å². The molecule has 17 heavy (non-hydrogen) atoms. The van der Waals surface area contributed by atoms with E-state index < -0.39 is 0 Å². The highest BCUT2D eigenvalue weighted by Gasteiger charge is 2.27. The Kier molecular flexibility index (Phi) is 5.75. The number of hydrogen-bond donors (Lipinski definition) is 1. The molecule has 0 bridgehead atoms. The van der Waals surface area contributed by atoms with Crippen molar-refractivity contribution < 1.29 is 4.74 Å². The van der Waals surface area contributed by atoms with Crippen LogP contribution in [-0.2, 0) is 4.74 Å². The van der Waals surface area contributed by atoms with E-state index in [1.54, 1.807) is 0 Å². The van der Waals surface area contributed by atoms with E-state index in [-0.39, 0.29) is 0 Å². The summed E-state index contributed by atoms with van der Waals surface area (Å²) in [5.74, 6) is 0. The molecule has 1 aliphatic heterocycles. The van der Waals surface area contributed by atoms with Crippen molar-refractivity contribution in [2.24, 2.45) is 0 Å². The molecule has 0 spiro atoms. The normalized spacial score (nSPS) is 22.2. The molecule has 100 valence electrons. The first-order valence-corrected chi connectivity index (χ1v) is 7.46. The summed E-state index contributed by atoms with van der Waals surface area (Å²) in [6.45, 7) is 8.02. The third kappa shape index (κ3) is 4.94. The highest BCUT2D eigenvalue weighted by molar-refractivity contribution is 4.84. The lowest BCUT2D eigenvalue weighted by Crippen LogP contribution is -2.33. The SMILES string of the molecule is CCCN(CCCOC1CCNCC1)C1CC1. The summed E-state index contributed by atoms with van der Waals surface area (Å²) in [5, 5.41) is 3.38. The molecular formula is C14H28N2O. The first kappa shape index (κ1) is 13.3. The first-order chi connectivity index (χ1) is 8.40. The van der Waals surface area contributed by atoms with Crippen LogP contribution in [0.25, 0.3) is 0 Å². The van der Waals surface area contributed by atoms with Crippen molar-refractivity contribution in [2.75, 3.05) is 32.8 Å². The predicted molar refractivity (Wildman–Crippen MR) is 71.3 cm³/mol. The third-order valence-electron chi connectivity index (χ3n) is 3.80. The van der Waals surface area contributed by atoms with Gasteiger partial charge in [0, 0.05) is 19.2 Å². The number of rotatable bonds is 8. The zero-order valence-corrected chi connectivity index (χ0v) is 11.3. The van der Waals surface area contributed by atoms with Crippen molar-refractivity contribution in [3.05, 3.63) is 0 Å². The Labute approximate surface area is 106 Å². The average molecular weight is 240 g/mol. The van der Waals surface area contributed by atoms with E-state index in [1.165, 1.54) is 51.6 Å². The molecule has 2 rings (SSSR count). The van der Waals surface area contributed by atoms with Gasteiger partial charge < -0.3 is 15.0 Å². The van der Waals surface area contributed by atoms with Gasteiger partial charge in [0.1, 0.15) is 0 Å². The minimum atomic E-state index is 0.525. The van der Waals surface area contributed by atoms with Gasteiger partial charge in [-0.15, -0.1) is 0 Å². The van der Waals surface area contributed by atoms with E-state index in [4.69, 9.17) is 4.74 Å². The maximum Gasteiger partial charge on any atom is 0.0599 e. The fourth-order valence-electron chi connectivity index (χ4n) is 2.68. The second-order valence-electron chi connectivity index (χ2n) is 5.44. The Hall–Kier alpha value is -0.120. The molecule has 1 N–H and O–H groups in total. The number of piperidine rings is 1. The summed E-state index contributed by atoms with van der Waals surface area (Å²) < 4.78 is 5.94. The minimum absolute atomic E-state index is 0.525. The van der Waals surface area contributed by atoms with Gasteiger partial charge in [0.15, 0.2) is 0 Å². The maximum atomic E-state index is 5.94. The summed E-state index contributed by atoms with van der Waals surface area (Å²) in [6.07, 6.45) is 8.26. The smallest absolute Gasteiger partial charge is 0.0599 e. The molecule has 1 heterocycles. The molecule has 3 nitrogen and oxygen atoms in total. The molecule has 0 aromatic rings. The minimum Gasteiger partial charge on any atom is -0.378 e. The topological polar surface area (TPSA) is 24.5 Å². The van der Waals surface area contributed by atoms with Gasteiger partial charge in [0.25, 0.3) is 0 Å². The summed E-state index contributed by atoms with van der Waals surface area (Å²) in [4.78, 5) is 2.66. The largest absolute Gasteiger partial charge is 0.378 e. The molecule has 0 aromatic carbocycles. The van der Waals surface area contributed by atoms with Gasteiger partial charge in [-0.25, -0.2) is 0 Å². The van der Waals surface area contributed by atoms with E-state index >= 15 is 0 Å². The number of nitrogens with one attached hydrogen (secondary N) is 1.